The molecule has 1 aliphatic rings. The average molecular weight is 334 g/mol. The number of hydrogen-bond donors (Lipinski definition) is 3. The number of nitrogens with zero attached hydrogens (tertiary/aromatic N) is 1. The van der Waals surface area contributed by atoms with Gasteiger partial charge >= 0.3 is 5.97 Å². The van der Waals surface area contributed by atoms with Gasteiger partial charge in [0, 0.05) is 30.6 Å². The zero-order chi connectivity index (χ0) is 17.9. The van der Waals surface area contributed by atoms with Gasteiger partial charge in [-0.1, -0.05) is 13.8 Å². The molecule has 7 heteroatoms. The molecule has 1 aromatic carbocycles. The van der Waals surface area contributed by atoms with E-state index < -0.39 is 11.9 Å². The van der Waals surface area contributed by atoms with Crippen LogP contribution in [0.4, 0.5) is 0 Å². The molecular weight excluding hydrogens is 312 g/mol. The Balaban J connectivity index is 2.06. The van der Waals surface area contributed by atoms with Gasteiger partial charge in [0.25, 0.3) is 5.91 Å². The number of carboxylic acid groups (broad SMARTS) is 1. The van der Waals surface area contributed by atoms with E-state index >= 15 is 0 Å². The second-order valence-corrected chi connectivity index (χ2v) is 6.33. The Kier molecular flexibility index (Phi) is 5.43. The number of carboxylic acids is 1. The van der Waals surface area contributed by atoms with Gasteiger partial charge in [0.1, 0.15) is 5.75 Å². The maximum Gasteiger partial charge on any atom is 0.335 e. The standard InChI is InChI=1S/C17H22N2O5/c1-10(2)16(22)19-5-3-4-13(9-19)18-15(21)11-6-12(17(23)24)8-14(20)7-11/h6-8,10,13,20H,3-5,9H2,1-2H3,(H,18,21)(H,23,24). The minimum atomic E-state index is -1.22. The van der Waals surface area contributed by atoms with E-state index in [0.717, 1.165) is 18.9 Å². The van der Waals surface area contributed by atoms with Gasteiger partial charge in [-0.25, -0.2) is 4.79 Å². The second-order valence-electron chi connectivity index (χ2n) is 6.33. The van der Waals surface area contributed by atoms with E-state index in [4.69, 9.17) is 5.11 Å². The molecule has 0 saturated carbocycles. The smallest absolute Gasteiger partial charge is 0.335 e. The van der Waals surface area contributed by atoms with Crippen LogP contribution in [-0.4, -0.2) is 52.0 Å². The summed E-state index contributed by atoms with van der Waals surface area (Å²) in [7, 11) is 0. The predicted molar refractivity (Wildman–Crippen MR) is 87.0 cm³/mol. The normalized spacial score (nSPS) is 17.6. The van der Waals surface area contributed by atoms with Crippen molar-refractivity contribution in [3.05, 3.63) is 29.3 Å². The lowest BCUT2D eigenvalue weighted by atomic mass is 10.0. The first-order chi connectivity index (χ1) is 11.3. The van der Waals surface area contributed by atoms with E-state index in [9.17, 15) is 19.5 Å². The zero-order valence-corrected chi connectivity index (χ0v) is 13.8. The van der Waals surface area contributed by atoms with Crippen molar-refractivity contribution >= 4 is 17.8 Å². The number of aromatic hydroxyl groups is 1. The van der Waals surface area contributed by atoms with Crippen LogP contribution in [0.25, 0.3) is 0 Å². The summed E-state index contributed by atoms with van der Waals surface area (Å²) < 4.78 is 0. The van der Waals surface area contributed by atoms with Crippen LogP contribution in [0, 0.1) is 5.92 Å². The quantitative estimate of drug-likeness (QED) is 0.773. The van der Waals surface area contributed by atoms with Crippen LogP contribution in [0.15, 0.2) is 18.2 Å². The number of nitrogens with one attached hydrogen (secondary N) is 1. The monoisotopic (exact) mass is 334 g/mol. The van der Waals surface area contributed by atoms with Crippen molar-refractivity contribution in [1.82, 2.24) is 10.2 Å². The van der Waals surface area contributed by atoms with Crippen molar-refractivity contribution in [2.24, 2.45) is 5.92 Å². The first-order valence-electron chi connectivity index (χ1n) is 7.95. The molecule has 1 fully saturated rings. The molecule has 0 bridgehead atoms. The summed E-state index contributed by atoms with van der Waals surface area (Å²) in [4.78, 5) is 37.2. The molecule has 1 unspecified atom stereocenters. The van der Waals surface area contributed by atoms with Crippen LogP contribution in [0.3, 0.4) is 0 Å². The van der Waals surface area contributed by atoms with Gasteiger partial charge in [0.05, 0.1) is 5.56 Å². The number of piperidine rings is 1. The summed E-state index contributed by atoms with van der Waals surface area (Å²) in [5.41, 5.74) is -0.0693. The van der Waals surface area contributed by atoms with Gasteiger partial charge in [-0.3, -0.25) is 9.59 Å². The molecule has 2 amide bonds. The first kappa shape index (κ1) is 17.8. The Morgan fingerprint density at radius 1 is 1.21 bits per heavy atom. The summed E-state index contributed by atoms with van der Waals surface area (Å²) in [6.07, 6.45) is 1.54. The summed E-state index contributed by atoms with van der Waals surface area (Å²) in [6.45, 7) is 4.79. The number of aromatic carboxylic acids is 1. The fourth-order valence-corrected chi connectivity index (χ4v) is 2.79. The van der Waals surface area contributed by atoms with Crippen molar-refractivity contribution in [2.45, 2.75) is 32.7 Å². The number of phenols is 1. The molecule has 1 aliphatic heterocycles. The molecule has 1 heterocycles. The van der Waals surface area contributed by atoms with Crippen LogP contribution < -0.4 is 5.32 Å². The lowest BCUT2D eigenvalue weighted by molar-refractivity contribution is -0.135. The van der Waals surface area contributed by atoms with E-state index in [0.29, 0.717) is 13.1 Å². The third kappa shape index (κ3) is 4.24. The highest BCUT2D eigenvalue weighted by Gasteiger charge is 2.26. The number of phenolic OH excluding ortho intramolecular Hbond substituents is 1. The van der Waals surface area contributed by atoms with Crippen LogP contribution in [0.1, 0.15) is 47.4 Å². The van der Waals surface area contributed by atoms with E-state index in [2.05, 4.69) is 5.32 Å². The van der Waals surface area contributed by atoms with Crippen molar-refractivity contribution in [2.75, 3.05) is 13.1 Å². The van der Waals surface area contributed by atoms with E-state index in [-0.39, 0.29) is 34.7 Å². The van der Waals surface area contributed by atoms with Gasteiger partial charge in [0.2, 0.25) is 5.91 Å². The molecule has 1 saturated heterocycles. The average Bonchev–Trinajstić information content (AvgIpc) is 2.53. The lowest BCUT2D eigenvalue weighted by Crippen LogP contribution is -2.50. The van der Waals surface area contributed by atoms with Crippen LogP contribution in [0.5, 0.6) is 5.75 Å². The minimum absolute atomic E-state index is 0.0551. The van der Waals surface area contributed by atoms with Crippen molar-refractivity contribution in [3.8, 4) is 5.75 Å². The fraction of sp³-hybridized carbons (Fsp3) is 0.471. The molecule has 0 aromatic heterocycles. The molecule has 24 heavy (non-hydrogen) atoms. The highest BCUT2D eigenvalue weighted by molar-refractivity contribution is 5.98. The molecular formula is C17H22N2O5. The van der Waals surface area contributed by atoms with Gasteiger partial charge in [0.15, 0.2) is 0 Å². The number of amides is 2. The second kappa shape index (κ2) is 7.33. The number of rotatable bonds is 4. The Bertz CT molecular complexity index is 656. The molecule has 3 N–H and O–H groups in total. The Morgan fingerprint density at radius 3 is 2.50 bits per heavy atom. The van der Waals surface area contributed by atoms with Crippen molar-refractivity contribution in [3.63, 3.8) is 0 Å². The molecule has 1 aromatic rings. The fourth-order valence-electron chi connectivity index (χ4n) is 2.79. The van der Waals surface area contributed by atoms with Crippen molar-refractivity contribution < 1.29 is 24.6 Å². The summed E-state index contributed by atoms with van der Waals surface area (Å²) in [6, 6.07) is 3.34. The molecule has 0 radical (unpaired) electrons. The number of carbonyl (C=O) groups is 3. The maximum atomic E-state index is 12.3. The molecule has 7 nitrogen and oxygen atoms in total. The molecule has 2 rings (SSSR count). The zero-order valence-electron chi connectivity index (χ0n) is 13.8. The summed E-state index contributed by atoms with van der Waals surface area (Å²) >= 11 is 0. The number of hydrogen-bond acceptors (Lipinski definition) is 4. The van der Waals surface area contributed by atoms with E-state index in [1.165, 1.54) is 12.1 Å². The van der Waals surface area contributed by atoms with Crippen LogP contribution in [0.2, 0.25) is 0 Å². The third-order valence-electron chi connectivity index (χ3n) is 3.99. The Hall–Kier alpha value is -2.57. The third-order valence-corrected chi connectivity index (χ3v) is 3.99. The SMILES string of the molecule is CC(C)C(=O)N1CCCC(NC(=O)c2cc(O)cc(C(=O)O)c2)C1. The van der Waals surface area contributed by atoms with Crippen molar-refractivity contribution in [1.29, 1.82) is 0 Å². The molecule has 0 aliphatic carbocycles. The maximum absolute atomic E-state index is 12.3. The van der Waals surface area contributed by atoms with E-state index in [1.807, 2.05) is 13.8 Å². The highest BCUT2D eigenvalue weighted by Crippen LogP contribution is 2.18. The summed E-state index contributed by atoms with van der Waals surface area (Å²) in [5, 5.41) is 21.4. The largest absolute Gasteiger partial charge is 0.508 e. The topological polar surface area (TPSA) is 107 Å². The Morgan fingerprint density at radius 2 is 1.88 bits per heavy atom. The minimum Gasteiger partial charge on any atom is -0.508 e. The molecule has 1 atom stereocenters. The summed E-state index contributed by atoms with van der Waals surface area (Å²) in [5.74, 6) is -1.99. The van der Waals surface area contributed by atoms with Crippen LogP contribution in [-0.2, 0) is 4.79 Å². The Labute approximate surface area is 140 Å². The van der Waals surface area contributed by atoms with Gasteiger partial charge < -0.3 is 20.4 Å². The number of likely N-dealkylation sites (tertiary alicyclic amines) is 1. The highest BCUT2D eigenvalue weighted by atomic mass is 16.4. The van der Waals surface area contributed by atoms with Crippen LogP contribution >= 0.6 is 0 Å². The van der Waals surface area contributed by atoms with Gasteiger partial charge in [-0.05, 0) is 31.0 Å². The molecule has 0 spiro atoms. The lowest BCUT2D eigenvalue weighted by Gasteiger charge is -2.34. The number of benzene rings is 1. The number of carbonyl (C=O) groups excluding carboxylic acids is 2. The molecule has 130 valence electrons. The van der Waals surface area contributed by atoms with E-state index in [1.54, 1.807) is 4.90 Å². The predicted octanol–water partition coefficient (Wildman–Crippen LogP) is 1.47. The van der Waals surface area contributed by atoms with Gasteiger partial charge in [-0.2, -0.15) is 0 Å². The van der Waals surface area contributed by atoms with Gasteiger partial charge in [-0.15, -0.1) is 0 Å². The first-order valence-corrected chi connectivity index (χ1v) is 7.95.